The number of carboxylic acids is 1. The van der Waals surface area contributed by atoms with Crippen molar-refractivity contribution in [3.63, 3.8) is 0 Å². The van der Waals surface area contributed by atoms with Gasteiger partial charge in [0.05, 0.1) is 12.1 Å². The molecule has 0 spiro atoms. The van der Waals surface area contributed by atoms with Gasteiger partial charge < -0.3 is 9.90 Å². The number of para-hydroxylation sites is 1. The van der Waals surface area contributed by atoms with Gasteiger partial charge in [0.25, 0.3) is 11.3 Å². The zero-order valence-corrected chi connectivity index (χ0v) is 13.8. The van der Waals surface area contributed by atoms with E-state index in [1.54, 1.807) is 24.3 Å². The third-order valence-corrected chi connectivity index (χ3v) is 4.32. The minimum Gasteiger partial charge on any atom is -0.481 e. The monoisotopic (exact) mass is 347 g/mol. The number of hydrogen-bond acceptors (Lipinski definition) is 3. The molecule has 2 aromatic rings. The van der Waals surface area contributed by atoms with Crippen LogP contribution < -0.4 is 4.31 Å². The number of aliphatic carboxylic acids is 1. The topological polar surface area (TPSA) is 94.9 Å². The maximum atomic E-state index is 11.8. The average Bonchev–Trinajstić information content (AvgIpc) is 2.55. The number of aldehydes is 1. The molecule has 126 valence electrons. The molecule has 2 aromatic carbocycles. The fraction of sp³-hybridized carbons (Fsp3) is 0.176. The molecular formula is C17H17NO5S. The lowest BCUT2D eigenvalue weighted by molar-refractivity contribution is -0.138. The fourth-order valence-electron chi connectivity index (χ4n) is 2.39. The lowest BCUT2D eigenvalue weighted by atomic mass is 10.0. The summed E-state index contributed by atoms with van der Waals surface area (Å²) in [6.07, 6.45) is -0.202. The van der Waals surface area contributed by atoms with Crippen molar-refractivity contribution in [3.8, 4) is 11.1 Å². The van der Waals surface area contributed by atoms with Gasteiger partial charge in [-0.3, -0.25) is 13.7 Å². The number of aryl methyl sites for hydroxylation is 1. The third kappa shape index (κ3) is 4.06. The average molecular weight is 347 g/mol. The van der Waals surface area contributed by atoms with Crippen LogP contribution in [0.2, 0.25) is 0 Å². The Hall–Kier alpha value is -2.51. The Kier molecular flexibility index (Phi) is 5.83. The number of carbonyl (C=O) groups is 2. The van der Waals surface area contributed by atoms with Gasteiger partial charge in [0.15, 0.2) is 0 Å². The van der Waals surface area contributed by atoms with Crippen molar-refractivity contribution in [3.05, 3.63) is 54.1 Å². The number of carbonyl (C=O) groups excluding carboxylic acids is 1. The van der Waals surface area contributed by atoms with Gasteiger partial charge in [-0.15, -0.1) is 0 Å². The minimum atomic E-state index is -2.55. The summed E-state index contributed by atoms with van der Waals surface area (Å²) in [6.45, 7) is 1.94. The SMILES string of the molecule is Cc1ccc(-c2ccccc2N(C(C=O)CC(=O)O)S(=O)O)cc1. The summed E-state index contributed by atoms with van der Waals surface area (Å²) in [4.78, 5) is 22.3. The van der Waals surface area contributed by atoms with Crippen molar-refractivity contribution in [2.45, 2.75) is 19.4 Å². The first-order chi connectivity index (χ1) is 11.4. The molecule has 0 aliphatic rings. The second kappa shape index (κ2) is 7.85. The third-order valence-electron chi connectivity index (χ3n) is 3.51. The Morgan fingerprint density at radius 1 is 1.21 bits per heavy atom. The van der Waals surface area contributed by atoms with Crippen LogP contribution in [0.5, 0.6) is 0 Å². The van der Waals surface area contributed by atoms with Gasteiger partial charge in [-0.2, -0.15) is 0 Å². The molecule has 2 atom stereocenters. The zero-order valence-electron chi connectivity index (χ0n) is 13.0. The molecule has 0 saturated carbocycles. The van der Waals surface area contributed by atoms with E-state index in [1.165, 1.54) is 0 Å². The predicted molar refractivity (Wildman–Crippen MR) is 92.0 cm³/mol. The maximum absolute atomic E-state index is 11.8. The van der Waals surface area contributed by atoms with Gasteiger partial charge >= 0.3 is 5.97 Å². The highest BCUT2D eigenvalue weighted by Crippen LogP contribution is 2.33. The molecule has 0 heterocycles. The highest BCUT2D eigenvalue weighted by atomic mass is 32.2. The number of benzene rings is 2. The first-order valence-electron chi connectivity index (χ1n) is 7.17. The second-order valence-corrected chi connectivity index (χ2v) is 6.10. The summed E-state index contributed by atoms with van der Waals surface area (Å²) in [7, 11) is 0. The molecule has 6 nitrogen and oxygen atoms in total. The summed E-state index contributed by atoms with van der Waals surface area (Å²) in [5.74, 6) is -1.23. The zero-order chi connectivity index (χ0) is 17.7. The van der Waals surface area contributed by atoms with E-state index in [0.29, 0.717) is 17.5 Å². The molecule has 0 aliphatic carbocycles. The first kappa shape index (κ1) is 17.8. The van der Waals surface area contributed by atoms with Crippen molar-refractivity contribution in [2.24, 2.45) is 0 Å². The number of nitrogens with zero attached hydrogens (tertiary/aromatic N) is 1. The predicted octanol–water partition coefficient (Wildman–Crippen LogP) is 2.65. The molecule has 7 heteroatoms. The van der Waals surface area contributed by atoms with Crippen molar-refractivity contribution in [1.82, 2.24) is 0 Å². The Morgan fingerprint density at radius 3 is 2.38 bits per heavy atom. The summed E-state index contributed by atoms with van der Waals surface area (Å²) in [5.41, 5.74) is 2.82. The molecule has 0 aromatic heterocycles. The summed E-state index contributed by atoms with van der Waals surface area (Å²) < 4.78 is 22.4. The summed E-state index contributed by atoms with van der Waals surface area (Å²) in [5, 5.41) is 8.94. The van der Waals surface area contributed by atoms with Crippen LogP contribution in [0.3, 0.4) is 0 Å². The van der Waals surface area contributed by atoms with Crippen molar-refractivity contribution in [1.29, 1.82) is 0 Å². The van der Waals surface area contributed by atoms with Gasteiger partial charge in [0, 0.05) is 5.56 Å². The van der Waals surface area contributed by atoms with Crippen molar-refractivity contribution < 1.29 is 23.5 Å². The van der Waals surface area contributed by atoms with Crippen LogP contribution in [0.4, 0.5) is 5.69 Å². The van der Waals surface area contributed by atoms with Crippen LogP contribution in [0.25, 0.3) is 11.1 Å². The van der Waals surface area contributed by atoms with Crippen molar-refractivity contribution in [2.75, 3.05) is 4.31 Å². The molecular weight excluding hydrogens is 330 g/mol. The normalized spacial score (nSPS) is 13.1. The first-order valence-corrected chi connectivity index (χ1v) is 8.23. The summed E-state index contributed by atoms with van der Waals surface area (Å²) >= 11 is -2.55. The highest BCUT2D eigenvalue weighted by molar-refractivity contribution is 7.80. The second-order valence-electron chi connectivity index (χ2n) is 5.24. The van der Waals surface area contributed by atoms with Gasteiger partial charge in [-0.05, 0) is 18.6 Å². The van der Waals surface area contributed by atoms with E-state index in [0.717, 1.165) is 15.4 Å². The van der Waals surface area contributed by atoms with Gasteiger partial charge in [-0.1, -0.05) is 48.0 Å². The number of hydrogen-bond donors (Lipinski definition) is 2. The molecule has 0 fully saturated rings. The molecule has 0 aliphatic heterocycles. The number of carboxylic acid groups (broad SMARTS) is 1. The Balaban J connectivity index is 2.55. The van der Waals surface area contributed by atoms with Gasteiger partial charge in [-0.25, -0.2) is 4.21 Å². The van der Waals surface area contributed by atoms with E-state index >= 15 is 0 Å². The van der Waals surface area contributed by atoms with Crippen LogP contribution in [-0.4, -0.2) is 32.2 Å². The molecule has 0 bridgehead atoms. The van der Waals surface area contributed by atoms with Crippen LogP contribution in [0.15, 0.2) is 48.5 Å². The highest BCUT2D eigenvalue weighted by Gasteiger charge is 2.27. The van der Waals surface area contributed by atoms with Crippen LogP contribution in [-0.2, 0) is 20.9 Å². The molecule has 2 N–H and O–H groups in total. The van der Waals surface area contributed by atoms with E-state index in [-0.39, 0.29) is 0 Å². The largest absolute Gasteiger partial charge is 0.481 e. The Bertz CT molecular complexity index is 760. The van der Waals surface area contributed by atoms with Gasteiger partial charge in [0.2, 0.25) is 0 Å². The molecule has 24 heavy (non-hydrogen) atoms. The molecule has 0 saturated heterocycles. The van der Waals surface area contributed by atoms with Gasteiger partial charge in [0.1, 0.15) is 12.3 Å². The smallest absolute Gasteiger partial charge is 0.305 e. The van der Waals surface area contributed by atoms with Crippen LogP contribution in [0, 0.1) is 6.92 Å². The van der Waals surface area contributed by atoms with E-state index in [2.05, 4.69) is 0 Å². The van der Waals surface area contributed by atoms with E-state index in [9.17, 15) is 18.4 Å². The number of anilines is 1. The van der Waals surface area contributed by atoms with E-state index in [1.807, 2.05) is 31.2 Å². The molecule has 2 rings (SSSR count). The summed E-state index contributed by atoms with van der Waals surface area (Å²) in [6, 6.07) is 13.0. The van der Waals surface area contributed by atoms with E-state index in [4.69, 9.17) is 5.11 Å². The Labute approximate surface area is 142 Å². The Morgan fingerprint density at radius 2 is 1.83 bits per heavy atom. The quantitative estimate of drug-likeness (QED) is 0.593. The van der Waals surface area contributed by atoms with Crippen molar-refractivity contribution >= 4 is 29.2 Å². The maximum Gasteiger partial charge on any atom is 0.305 e. The lowest BCUT2D eigenvalue weighted by Gasteiger charge is -2.27. The lowest BCUT2D eigenvalue weighted by Crippen LogP contribution is -2.39. The van der Waals surface area contributed by atoms with Crippen LogP contribution in [0.1, 0.15) is 12.0 Å². The molecule has 0 radical (unpaired) electrons. The number of rotatable bonds is 7. The fourth-order valence-corrected chi connectivity index (χ4v) is 3.07. The minimum absolute atomic E-state index is 0.320. The standard InChI is InChI=1S/C17H17NO5S/c1-12-6-8-13(9-7-12)15-4-2-3-5-16(15)18(24(22)23)14(11-19)10-17(20)21/h2-9,11,14H,10H2,1H3,(H,20,21)(H,22,23). The molecule has 2 unspecified atom stereocenters. The van der Waals surface area contributed by atoms with Crippen LogP contribution >= 0.6 is 0 Å². The molecule has 0 amide bonds. The van der Waals surface area contributed by atoms with E-state index < -0.39 is 29.7 Å².